The molecular weight excluding hydrogens is 520 g/mol. The molecule has 0 aliphatic carbocycles. The Kier molecular flexibility index (Phi) is 9.62. The van der Waals surface area contributed by atoms with Crippen LogP contribution in [-0.4, -0.2) is 115 Å². The van der Waals surface area contributed by atoms with E-state index in [0.717, 1.165) is 22.3 Å². The molecule has 10 heteroatoms. The Balaban J connectivity index is 1.50. The van der Waals surface area contributed by atoms with Gasteiger partial charge in [-0.15, -0.1) is 0 Å². The quantitative estimate of drug-likeness (QED) is 0.205. The molecule has 10 unspecified atom stereocenters. The maximum Gasteiger partial charge on any atom is 0.147 e. The van der Waals surface area contributed by atoms with Crippen molar-refractivity contribution >= 4 is 0 Å². The molecule has 2 fully saturated rings. The standard InChI is InChI=1S/C30H34O10/c1-15-11-17(5-9-21-25(33)29(37)27(35)23(13-31)39-21)3-7-19(15)20-8-4-18(12-16(20)2)6-10-22-26(34)30(38)28(36)24(14-32)40-22/h3-4,7-8,11-12,21-38H,13-14H2,1-2H3. The molecule has 2 saturated heterocycles. The fourth-order valence-electron chi connectivity index (χ4n) is 4.84. The van der Waals surface area contributed by atoms with Gasteiger partial charge in [-0.2, -0.15) is 0 Å². The van der Waals surface area contributed by atoms with Gasteiger partial charge in [0.25, 0.3) is 0 Å². The molecule has 214 valence electrons. The van der Waals surface area contributed by atoms with Crippen molar-refractivity contribution in [3.05, 3.63) is 58.7 Å². The summed E-state index contributed by atoms with van der Waals surface area (Å²) in [6, 6.07) is 11.2. The van der Waals surface area contributed by atoms with E-state index in [2.05, 4.69) is 23.7 Å². The molecule has 8 N–H and O–H groups in total. The molecule has 2 aromatic carbocycles. The van der Waals surface area contributed by atoms with Crippen molar-refractivity contribution < 1.29 is 50.3 Å². The maximum absolute atomic E-state index is 10.2. The van der Waals surface area contributed by atoms with Gasteiger partial charge in [-0.1, -0.05) is 35.8 Å². The number of rotatable bonds is 3. The van der Waals surface area contributed by atoms with Gasteiger partial charge in [0.05, 0.1) is 13.2 Å². The third kappa shape index (κ3) is 6.23. The van der Waals surface area contributed by atoms with Crippen LogP contribution in [0.2, 0.25) is 0 Å². The highest BCUT2D eigenvalue weighted by Gasteiger charge is 2.43. The number of hydrogen-bond acceptors (Lipinski definition) is 10. The van der Waals surface area contributed by atoms with E-state index in [4.69, 9.17) is 9.47 Å². The molecule has 10 atom stereocenters. The lowest BCUT2D eigenvalue weighted by molar-refractivity contribution is -0.214. The van der Waals surface area contributed by atoms with Crippen LogP contribution in [0, 0.1) is 37.5 Å². The molecule has 2 aliphatic rings. The summed E-state index contributed by atoms with van der Waals surface area (Å²) in [6.45, 7) is 2.82. The average molecular weight is 555 g/mol. The lowest BCUT2D eigenvalue weighted by atomic mass is 9.93. The summed E-state index contributed by atoms with van der Waals surface area (Å²) < 4.78 is 10.9. The van der Waals surface area contributed by atoms with E-state index in [-0.39, 0.29) is 0 Å². The topological polar surface area (TPSA) is 180 Å². The third-order valence-electron chi connectivity index (χ3n) is 7.25. The lowest BCUT2D eigenvalue weighted by Gasteiger charge is -2.37. The molecule has 0 bridgehead atoms. The van der Waals surface area contributed by atoms with Gasteiger partial charge in [0.2, 0.25) is 0 Å². The van der Waals surface area contributed by atoms with Gasteiger partial charge in [0.1, 0.15) is 61.0 Å². The van der Waals surface area contributed by atoms with Crippen molar-refractivity contribution in [1.82, 2.24) is 0 Å². The highest BCUT2D eigenvalue weighted by atomic mass is 16.5. The lowest BCUT2D eigenvalue weighted by Crippen LogP contribution is -2.58. The Morgan fingerprint density at radius 1 is 0.575 bits per heavy atom. The molecular formula is C30H34O10. The maximum atomic E-state index is 10.2. The summed E-state index contributed by atoms with van der Waals surface area (Å²) in [5, 5.41) is 78.8. The Morgan fingerprint density at radius 2 is 0.950 bits per heavy atom. The van der Waals surface area contributed by atoms with Crippen LogP contribution >= 0.6 is 0 Å². The Morgan fingerprint density at radius 3 is 1.27 bits per heavy atom. The van der Waals surface area contributed by atoms with Crippen molar-refractivity contribution in [1.29, 1.82) is 0 Å². The summed E-state index contributed by atoms with van der Waals surface area (Å²) in [5.41, 5.74) is 5.09. The van der Waals surface area contributed by atoms with E-state index in [1.165, 1.54) is 0 Å². The fraction of sp³-hybridized carbons (Fsp3) is 0.467. The minimum atomic E-state index is -1.48. The Hall–Kier alpha value is -2.84. The van der Waals surface area contributed by atoms with E-state index in [1.54, 1.807) is 0 Å². The molecule has 2 aromatic rings. The second-order valence-corrected chi connectivity index (χ2v) is 10.1. The summed E-state index contributed by atoms with van der Waals surface area (Å²) in [7, 11) is 0. The first-order chi connectivity index (χ1) is 19.0. The van der Waals surface area contributed by atoms with Gasteiger partial charge in [0.15, 0.2) is 0 Å². The minimum Gasteiger partial charge on any atom is -0.394 e. The minimum absolute atomic E-state index is 0.519. The van der Waals surface area contributed by atoms with Crippen LogP contribution in [0.5, 0.6) is 0 Å². The zero-order valence-electron chi connectivity index (χ0n) is 22.0. The van der Waals surface area contributed by atoms with Crippen LogP contribution in [0.25, 0.3) is 11.1 Å². The largest absolute Gasteiger partial charge is 0.394 e. The number of ether oxygens (including phenoxy) is 2. The second-order valence-electron chi connectivity index (χ2n) is 10.1. The zero-order valence-corrected chi connectivity index (χ0v) is 22.0. The number of benzene rings is 2. The van der Waals surface area contributed by atoms with Gasteiger partial charge >= 0.3 is 0 Å². The summed E-state index contributed by atoms with van der Waals surface area (Å²) >= 11 is 0. The van der Waals surface area contributed by atoms with E-state index in [9.17, 15) is 40.9 Å². The van der Waals surface area contributed by atoms with E-state index in [0.29, 0.717) is 11.1 Å². The van der Waals surface area contributed by atoms with Crippen LogP contribution in [0.4, 0.5) is 0 Å². The zero-order chi connectivity index (χ0) is 29.1. The molecule has 4 rings (SSSR count). The van der Waals surface area contributed by atoms with E-state index < -0.39 is 74.3 Å². The third-order valence-corrected chi connectivity index (χ3v) is 7.25. The Bertz CT molecular complexity index is 1220. The monoisotopic (exact) mass is 554 g/mol. The van der Waals surface area contributed by atoms with Crippen LogP contribution < -0.4 is 0 Å². The molecule has 0 saturated carbocycles. The van der Waals surface area contributed by atoms with Gasteiger partial charge in [-0.3, -0.25) is 0 Å². The first-order valence-electron chi connectivity index (χ1n) is 12.9. The number of aliphatic hydroxyl groups is 8. The fourth-order valence-corrected chi connectivity index (χ4v) is 4.84. The van der Waals surface area contributed by atoms with Crippen molar-refractivity contribution in [2.24, 2.45) is 0 Å². The first kappa shape index (κ1) is 30.1. The molecule has 0 radical (unpaired) electrons. The second kappa shape index (κ2) is 12.8. The SMILES string of the molecule is Cc1cc(C#CC2OC(CO)C(O)C(O)C2O)ccc1-c1ccc(C#CC2OC(CO)C(O)C(O)C2O)cc1C. The first-order valence-corrected chi connectivity index (χ1v) is 12.9. The van der Waals surface area contributed by atoms with Crippen molar-refractivity contribution in [3.8, 4) is 34.8 Å². The Labute approximate surface area is 232 Å². The van der Waals surface area contributed by atoms with Crippen molar-refractivity contribution in [3.63, 3.8) is 0 Å². The number of aliphatic hydroxyl groups excluding tert-OH is 8. The molecule has 2 aliphatic heterocycles. The predicted octanol–water partition coefficient (Wildman–Crippen LogP) is -1.64. The van der Waals surface area contributed by atoms with Crippen molar-refractivity contribution in [2.45, 2.75) is 74.9 Å². The molecule has 0 amide bonds. The number of hydrogen-bond donors (Lipinski definition) is 8. The summed E-state index contributed by atoms with van der Waals surface area (Å²) in [4.78, 5) is 0. The van der Waals surface area contributed by atoms with Gasteiger partial charge in [-0.25, -0.2) is 0 Å². The van der Waals surface area contributed by atoms with Gasteiger partial charge < -0.3 is 50.3 Å². The normalized spacial score (nSPS) is 33.9. The predicted molar refractivity (Wildman–Crippen MR) is 143 cm³/mol. The molecule has 0 spiro atoms. The smallest absolute Gasteiger partial charge is 0.147 e. The summed E-state index contributed by atoms with van der Waals surface area (Å²) in [6.07, 6.45) is -12.9. The van der Waals surface area contributed by atoms with Crippen LogP contribution in [0.3, 0.4) is 0 Å². The highest BCUT2D eigenvalue weighted by Crippen LogP contribution is 2.28. The van der Waals surface area contributed by atoms with Crippen LogP contribution in [-0.2, 0) is 9.47 Å². The van der Waals surface area contributed by atoms with Crippen LogP contribution in [0.15, 0.2) is 36.4 Å². The van der Waals surface area contributed by atoms with Crippen LogP contribution in [0.1, 0.15) is 22.3 Å². The van der Waals surface area contributed by atoms with Gasteiger partial charge in [-0.05, 0) is 60.4 Å². The number of aryl methyl sites for hydroxylation is 2. The summed E-state index contributed by atoms with van der Waals surface area (Å²) in [5.74, 6) is 11.4. The molecule has 40 heavy (non-hydrogen) atoms. The van der Waals surface area contributed by atoms with E-state index in [1.807, 2.05) is 50.2 Å². The highest BCUT2D eigenvalue weighted by molar-refractivity contribution is 5.72. The van der Waals surface area contributed by atoms with E-state index >= 15 is 0 Å². The molecule has 0 aromatic heterocycles. The molecule has 10 nitrogen and oxygen atoms in total. The molecule has 2 heterocycles. The van der Waals surface area contributed by atoms with Crippen molar-refractivity contribution in [2.75, 3.05) is 13.2 Å². The van der Waals surface area contributed by atoms with Gasteiger partial charge in [0, 0.05) is 11.1 Å². The average Bonchev–Trinajstić information content (AvgIpc) is 2.94.